The van der Waals surface area contributed by atoms with Crippen LogP contribution >= 0.6 is 0 Å². The van der Waals surface area contributed by atoms with Crippen molar-refractivity contribution in [1.29, 1.82) is 0 Å². The van der Waals surface area contributed by atoms with E-state index >= 15 is 0 Å². The summed E-state index contributed by atoms with van der Waals surface area (Å²) in [4.78, 5) is 0. The van der Waals surface area contributed by atoms with Crippen molar-refractivity contribution in [3.05, 3.63) is 0 Å². The first-order chi connectivity index (χ1) is 7.11. The standard InChI is InChI=1S/C9H19NO4S/c1-14-6-3-7-15(12,13)10-5-2-4-9(10)8-11/h9,11H,2-8H2,1H3. The van der Waals surface area contributed by atoms with E-state index in [2.05, 4.69) is 0 Å². The summed E-state index contributed by atoms with van der Waals surface area (Å²) in [5.74, 6) is 0.108. The van der Waals surface area contributed by atoms with Gasteiger partial charge in [0.2, 0.25) is 10.0 Å². The highest BCUT2D eigenvalue weighted by atomic mass is 32.2. The van der Waals surface area contributed by atoms with Crippen molar-refractivity contribution in [2.75, 3.05) is 32.6 Å². The number of hydrogen-bond acceptors (Lipinski definition) is 4. The number of hydrogen-bond donors (Lipinski definition) is 1. The second kappa shape index (κ2) is 5.79. The average Bonchev–Trinajstić information content (AvgIpc) is 2.66. The van der Waals surface area contributed by atoms with E-state index in [4.69, 9.17) is 9.84 Å². The number of sulfonamides is 1. The van der Waals surface area contributed by atoms with E-state index < -0.39 is 10.0 Å². The molecule has 0 aromatic rings. The van der Waals surface area contributed by atoms with Gasteiger partial charge in [-0.3, -0.25) is 0 Å². The second-order valence-corrected chi connectivity index (χ2v) is 5.79. The van der Waals surface area contributed by atoms with Crippen molar-refractivity contribution in [3.8, 4) is 0 Å². The van der Waals surface area contributed by atoms with E-state index in [0.29, 0.717) is 19.6 Å². The minimum absolute atomic E-state index is 0.0799. The fourth-order valence-electron chi connectivity index (χ4n) is 1.86. The molecule has 1 unspecified atom stereocenters. The van der Waals surface area contributed by atoms with E-state index in [0.717, 1.165) is 12.8 Å². The van der Waals surface area contributed by atoms with Crippen molar-refractivity contribution < 1.29 is 18.3 Å². The van der Waals surface area contributed by atoms with Crippen LogP contribution in [0.1, 0.15) is 19.3 Å². The van der Waals surface area contributed by atoms with Gasteiger partial charge in [-0.1, -0.05) is 0 Å². The Kier molecular flexibility index (Phi) is 4.98. The molecule has 6 heteroatoms. The largest absolute Gasteiger partial charge is 0.395 e. The topological polar surface area (TPSA) is 66.8 Å². The van der Waals surface area contributed by atoms with E-state index in [1.807, 2.05) is 0 Å². The molecule has 0 aliphatic carbocycles. The first-order valence-corrected chi connectivity index (χ1v) is 6.82. The molecule has 0 aromatic heterocycles. The Morgan fingerprint density at radius 3 is 2.87 bits per heavy atom. The number of rotatable bonds is 6. The van der Waals surface area contributed by atoms with Gasteiger partial charge in [-0.15, -0.1) is 0 Å². The second-order valence-electron chi connectivity index (χ2n) is 3.75. The third-order valence-electron chi connectivity index (χ3n) is 2.64. The van der Waals surface area contributed by atoms with E-state index in [1.165, 1.54) is 4.31 Å². The molecule has 1 aliphatic heterocycles. The maximum atomic E-state index is 11.8. The van der Waals surface area contributed by atoms with Gasteiger partial charge in [0.15, 0.2) is 0 Å². The number of methoxy groups -OCH3 is 1. The van der Waals surface area contributed by atoms with Crippen molar-refractivity contribution in [2.24, 2.45) is 0 Å². The molecule has 90 valence electrons. The zero-order valence-electron chi connectivity index (χ0n) is 9.05. The first kappa shape index (κ1) is 12.9. The molecule has 1 fully saturated rings. The van der Waals surface area contributed by atoms with Gasteiger partial charge in [-0.25, -0.2) is 8.42 Å². The minimum Gasteiger partial charge on any atom is -0.395 e. The van der Waals surface area contributed by atoms with Crippen LogP contribution in [-0.4, -0.2) is 56.5 Å². The highest BCUT2D eigenvalue weighted by Gasteiger charge is 2.32. The summed E-state index contributed by atoms with van der Waals surface area (Å²) in [5, 5.41) is 9.04. The Bertz CT molecular complexity index is 278. The van der Waals surface area contributed by atoms with E-state index in [1.54, 1.807) is 7.11 Å². The predicted octanol–water partition coefficient (Wildman–Crippen LogP) is -0.191. The van der Waals surface area contributed by atoms with Crippen LogP contribution < -0.4 is 0 Å². The maximum absolute atomic E-state index is 11.8. The van der Waals surface area contributed by atoms with Gasteiger partial charge in [0, 0.05) is 26.3 Å². The smallest absolute Gasteiger partial charge is 0.214 e. The summed E-state index contributed by atoms with van der Waals surface area (Å²) in [6.07, 6.45) is 2.11. The lowest BCUT2D eigenvalue weighted by atomic mass is 10.2. The molecule has 0 radical (unpaired) electrons. The van der Waals surface area contributed by atoms with Gasteiger partial charge in [-0.2, -0.15) is 4.31 Å². The molecule has 0 aromatic carbocycles. The molecule has 0 amide bonds. The lowest BCUT2D eigenvalue weighted by Gasteiger charge is -2.22. The molecule has 0 saturated carbocycles. The predicted molar refractivity (Wildman–Crippen MR) is 57.1 cm³/mol. The third-order valence-corrected chi connectivity index (χ3v) is 4.64. The van der Waals surface area contributed by atoms with Crippen LogP contribution in [0.25, 0.3) is 0 Å². The Balaban J connectivity index is 2.52. The maximum Gasteiger partial charge on any atom is 0.214 e. The fraction of sp³-hybridized carbons (Fsp3) is 1.00. The van der Waals surface area contributed by atoms with Gasteiger partial charge in [-0.05, 0) is 19.3 Å². The molecular weight excluding hydrogens is 218 g/mol. The van der Waals surface area contributed by atoms with Crippen LogP contribution in [0.15, 0.2) is 0 Å². The summed E-state index contributed by atoms with van der Waals surface area (Å²) in [6.45, 7) is 0.918. The molecule has 1 atom stereocenters. The Morgan fingerprint density at radius 1 is 1.53 bits per heavy atom. The number of nitrogens with zero attached hydrogens (tertiary/aromatic N) is 1. The molecule has 1 saturated heterocycles. The lowest BCUT2D eigenvalue weighted by Crippen LogP contribution is -2.39. The third kappa shape index (κ3) is 3.41. The number of ether oxygens (including phenoxy) is 1. The molecule has 1 heterocycles. The van der Waals surface area contributed by atoms with Gasteiger partial charge >= 0.3 is 0 Å². The summed E-state index contributed by atoms with van der Waals surface area (Å²) >= 11 is 0. The molecule has 15 heavy (non-hydrogen) atoms. The summed E-state index contributed by atoms with van der Waals surface area (Å²) < 4.78 is 29.9. The molecule has 1 N–H and O–H groups in total. The van der Waals surface area contributed by atoms with Gasteiger partial charge in [0.25, 0.3) is 0 Å². The molecular formula is C9H19NO4S. The highest BCUT2D eigenvalue weighted by Crippen LogP contribution is 2.21. The van der Waals surface area contributed by atoms with E-state index in [9.17, 15) is 8.42 Å². The van der Waals surface area contributed by atoms with Crippen molar-refractivity contribution in [3.63, 3.8) is 0 Å². The quantitative estimate of drug-likeness (QED) is 0.650. The Morgan fingerprint density at radius 2 is 2.27 bits per heavy atom. The monoisotopic (exact) mass is 237 g/mol. The molecule has 1 aliphatic rings. The SMILES string of the molecule is COCCCS(=O)(=O)N1CCCC1CO. The minimum atomic E-state index is -3.20. The van der Waals surface area contributed by atoms with E-state index in [-0.39, 0.29) is 18.4 Å². The van der Waals surface area contributed by atoms with Gasteiger partial charge in [0.1, 0.15) is 0 Å². The van der Waals surface area contributed by atoms with Crippen molar-refractivity contribution in [2.45, 2.75) is 25.3 Å². The van der Waals surface area contributed by atoms with Crippen LogP contribution in [-0.2, 0) is 14.8 Å². The number of aliphatic hydroxyl groups excluding tert-OH is 1. The van der Waals surface area contributed by atoms with Crippen molar-refractivity contribution >= 4 is 10.0 Å². The van der Waals surface area contributed by atoms with Crippen molar-refractivity contribution in [1.82, 2.24) is 4.31 Å². The Labute approximate surface area is 91.1 Å². The molecule has 1 rings (SSSR count). The summed E-state index contributed by atoms with van der Waals surface area (Å²) in [6, 6.07) is -0.211. The molecule has 0 bridgehead atoms. The summed E-state index contributed by atoms with van der Waals surface area (Å²) in [5.41, 5.74) is 0. The summed E-state index contributed by atoms with van der Waals surface area (Å²) in [7, 11) is -1.65. The zero-order chi connectivity index (χ0) is 11.3. The van der Waals surface area contributed by atoms with Crippen LogP contribution in [0, 0.1) is 0 Å². The lowest BCUT2D eigenvalue weighted by molar-refractivity contribution is 0.197. The van der Waals surface area contributed by atoms with Crippen LogP contribution in [0.3, 0.4) is 0 Å². The highest BCUT2D eigenvalue weighted by molar-refractivity contribution is 7.89. The fourth-order valence-corrected chi connectivity index (χ4v) is 3.61. The Hall–Kier alpha value is -0.170. The normalized spacial score (nSPS) is 23.5. The number of aliphatic hydroxyl groups is 1. The molecule has 5 nitrogen and oxygen atoms in total. The van der Waals surface area contributed by atoms with Crippen LogP contribution in [0.2, 0.25) is 0 Å². The van der Waals surface area contributed by atoms with Gasteiger partial charge in [0.05, 0.1) is 12.4 Å². The first-order valence-electron chi connectivity index (χ1n) is 5.21. The van der Waals surface area contributed by atoms with Gasteiger partial charge < -0.3 is 9.84 Å². The van der Waals surface area contributed by atoms with Crippen LogP contribution in [0.5, 0.6) is 0 Å². The molecule has 0 spiro atoms. The average molecular weight is 237 g/mol. The van der Waals surface area contributed by atoms with Crippen LogP contribution in [0.4, 0.5) is 0 Å². The zero-order valence-corrected chi connectivity index (χ0v) is 9.87.